The van der Waals surface area contributed by atoms with Gasteiger partial charge in [0.1, 0.15) is 0 Å². The largest absolute Gasteiger partial charge is 0.413 e. The van der Waals surface area contributed by atoms with Crippen LogP contribution in [0.4, 0.5) is 0 Å². The fraction of sp³-hybridized carbons (Fsp3) is 1.00. The van der Waals surface area contributed by atoms with Gasteiger partial charge in [-0.25, -0.2) is 0 Å². The fourth-order valence-electron chi connectivity index (χ4n) is 5.20. The van der Waals surface area contributed by atoms with Gasteiger partial charge in [0.25, 0.3) is 0 Å². The molecule has 0 aromatic heterocycles. The van der Waals surface area contributed by atoms with Crippen molar-refractivity contribution in [1.82, 2.24) is 0 Å². The summed E-state index contributed by atoms with van der Waals surface area (Å²) < 4.78 is 27.9. The van der Waals surface area contributed by atoms with Crippen LogP contribution < -0.4 is 0 Å². The van der Waals surface area contributed by atoms with E-state index in [4.69, 9.17) is 18.3 Å². The molecule has 0 unspecified atom stereocenters. The highest BCUT2D eigenvalue weighted by Crippen LogP contribution is 2.52. The lowest BCUT2D eigenvalue weighted by Crippen LogP contribution is -2.67. The van der Waals surface area contributed by atoms with E-state index in [1.54, 1.807) is 0 Å². The van der Waals surface area contributed by atoms with Crippen molar-refractivity contribution in [3.05, 3.63) is 0 Å². The normalized spacial score (nSPS) is 37.8. The van der Waals surface area contributed by atoms with Crippen LogP contribution in [0, 0.1) is 23.7 Å². The first kappa shape index (κ1) is 31.5. The summed E-state index contributed by atoms with van der Waals surface area (Å²) in [6.07, 6.45) is 0.362. The molecule has 8 atom stereocenters. The molecule has 35 heavy (non-hydrogen) atoms. The van der Waals surface area contributed by atoms with Gasteiger partial charge in [0.15, 0.2) is 22.4 Å². The molecule has 2 aliphatic heterocycles. The molecular weight excluding hydrogens is 472 g/mol. The Hall–Kier alpha value is 0.234. The van der Waals surface area contributed by atoms with Crippen LogP contribution >= 0.6 is 0 Å². The number of ether oxygens (including phenoxy) is 2. The third-order valence-corrected chi connectivity index (χ3v) is 18.9. The zero-order valence-corrected chi connectivity index (χ0v) is 27.6. The number of aliphatic hydroxyl groups is 1. The predicted molar refractivity (Wildman–Crippen MR) is 151 cm³/mol. The van der Waals surface area contributed by atoms with Crippen molar-refractivity contribution < 1.29 is 23.4 Å². The minimum atomic E-state index is -2.05. The maximum atomic E-state index is 10.4. The van der Waals surface area contributed by atoms with E-state index >= 15 is 0 Å². The number of aliphatic hydroxyl groups excluding tert-OH is 1. The van der Waals surface area contributed by atoms with Crippen LogP contribution in [0.5, 0.6) is 0 Å². The Labute approximate surface area is 219 Å². The first-order valence-electron chi connectivity index (χ1n) is 13.9. The first-order chi connectivity index (χ1) is 15.6. The van der Waals surface area contributed by atoms with E-state index in [0.717, 1.165) is 0 Å². The molecule has 0 aliphatic carbocycles. The molecule has 1 spiro atoms. The molecule has 2 saturated heterocycles. The molecule has 0 aromatic rings. The highest BCUT2D eigenvalue weighted by molar-refractivity contribution is 6.74. The van der Waals surface area contributed by atoms with E-state index in [1.165, 1.54) is 0 Å². The van der Waals surface area contributed by atoms with Gasteiger partial charge in [-0.2, -0.15) is 0 Å². The quantitative estimate of drug-likeness (QED) is 0.368. The molecule has 1 N–H and O–H groups in total. The molecule has 0 radical (unpaired) electrons. The summed E-state index contributed by atoms with van der Waals surface area (Å²) in [5.74, 6) is -0.141. The van der Waals surface area contributed by atoms with Crippen LogP contribution in [0.2, 0.25) is 36.3 Å². The number of hydrogen-bond acceptors (Lipinski definition) is 5. The van der Waals surface area contributed by atoms with Crippen molar-refractivity contribution in [2.75, 3.05) is 6.61 Å². The lowest BCUT2D eigenvalue weighted by atomic mass is 9.74. The highest BCUT2D eigenvalue weighted by Gasteiger charge is 2.60. The standard InChI is InChI=1S/C28H58O5Si2/c1-18(2)24-19(3)22(32-34(12,13)26(6,7)8)16-28(31-24)21(5)25(20(4)23(17-29)30-28)33-35(14,15)27(9,10)11/h18-25,29H,16-17H2,1-15H3/t19-,20+,21-,22+,23-,24+,25+,28+/m0/s1. The molecule has 0 saturated carbocycles. The van der Waals surface area contributed by atoms with Crippen molar-refractivity contribution in [2.24, 2.45) is 23.7 Å². The second-order valence-electron chi connectivity index (χ2n) is 14.9. The van der Waals surface area contributed by atoms with E-state index in [-0.39, 0.29) is 58.9 Å². The molecule has 2 heterocycles. The zero-order valence-electron chi connectivity index (χ0n) is 25.6. The van der Waals surface area contributed by atoms with Gasteiger partial charge in [0.05, 0.1) is 31.0 Å². The summed E-state index contributed by atoms with van der Waals surface area (Å²) in [4.78, 5) is 0. The average Bonchev–Trinajstić information content (AvgIpc) is 2.68. The summed E-state index contributed by atoms with van der Waals surface area (Å²) in [5, 5.41) is 10.6. The Morgan fingerprint density at radius 3 is 1.77 bits per heavy atom. The summed E-state index contributed by atoms with van der Waals surface area (Å²) in [5.41, 5.74) is 0. The zero-order chi connectivity index (χ0) is 27.4. The SMILES string of the molecule is CC(C)[C@H]1O[C@@]2(C[C@@H](O[Si](C)(C)C(C)(C)C)[C@@H]1C)O[C@@H](CO)[C@@H](C)[C@@H](O[Si](C)(C)C(C)(C)C)[C@@H]2C. The third-order valence-electron chi connectivity index (χ3n) is 9.89. The molecule has 2 aliphatic rings. The second kappa shape index (κ2) is 10.4. The average molecular weight is 531 g/mol. The van der Waals surface area contributed by atoms with Gasteiger partial charge in [-0.1, -0.05) is 76.2 Å². The molecular formula is C28H58O5Si2. The van der Waals surface area contributed by atoms with Crippen LogP contribution in [-0.4, -0.2) is 58.6 Å². The van der Waals surface area contributed by atoms with E-state index in [0.29, 0.717) is 12.3 Å². The Morgan fingerprint density at radius 1 is 0.857 bits per heavy atom. The second-order valence-corrected chi connectivity index (χ2v) is 24.5. The molecule has 0 bridgehead atoms. The van der Waals surface area contributed by atoms with Crippen molar-refractivity contribution in [1.29, 1.82) is 0 Å². The van der Waals surface area contributed by atoms with Crippen molar-refractivity contribution >= 4 is 16.6 Å². The van der Waals surface area contributed by atoms with Gasteiger partial charge >= 0.3 is 0 Å². The minimum Gasteiger partial charge on any atom is -0.413 e. The van der Waals surface area contributed by atoms with E-state index in [2.05, 4.69) is 102 Å². The molecule has 7 heteroatoms. The third kappa shape index (κ3) is 6.28. The lowest BCUT2D eigenvalue weighted by molar-refractivity contribution is -0.384. The molecule has 0 aromatic carbocycles. The first-order valence-corrected chi connectivity index (χ1v) is 19.7. The van der Waals surface area contributed by atoms with Crippen molar-refractivity contribution in [2.45, 2.75) is 149 Å². The van der Waals surface area contributed by atoms with Gasteiger partial charge < -0.3 is 23.4 Å². The number of rotatable bonds is 6. The monoisotopic (exact) mass is 530 g/mol. The Bertz CT molecular complexity index is 711. The van der Waals surface area contributed by atoms with Gasteiger partial charge in [0.2, 0.25) is 0 Å². The summed E-state index contributed by atoms with van der Waals surface area (Å²) >= 11 is 0. The summed E-state index contributed by atoms with van der Waals surface area (Å²) in [7, 11) is -4.05. The van der Waals surface area contributed by atoms with Gasteiger partial charge in [-0.3, -0.25) is 0 Å². The Morgan fingerprint density at radius 2 is 1.34 bits per heavy atom. The van der Waals surface area contributed by atoms with E-state index < -0.39 is 22.4 Å². The summed E-state index contributed by atoms with van der Waals surface area (Å²) in [6, 6.07) is 0. The smallest absolute Gasteiger partial charge is 0.192 e. The van der Waals surface area contributed by atoms with Crippen LogP contribution in [0.3, 0.4) is 0 Å². The maximum Gasteiger partial charge on any atom is 0.192 e. The van der Waals surface area contributed by atoms with Crippen molar-refractivity contribution in [3.8, 4) is 0 Å². The lowest BCUT2D eigenvalue weighted by Gasteiger charge is -2.59. The minimum absolute atomic E-state index is 0.0160. The summed E-state index contributed by atoms with van der Waals surface area (Å²) in [6.45, 7) is 34.1. The molecule has 2 rings (SSSR count). The van der Waals surface area contributed by atoms with Gasteiger partial charge in [-0.15, -0.1) is 0 Å². The maximum absolute atomic E-state index is 10.4. The van der Waals surface area contributed by atoms with Gasteiger partial charge in [0, 0.05) is 24.2 Å². The Kier molecular flexibility index (Phi) is 9.36. The van der Waals surface area contributed by atoms with Gasteiger partial charge in [-0.05, 0) is 42.2 Å². The van der Waals surface area contributed by atoms with E-state index in [9.17, 15) is 5.11 Å². The van der Waals surface area contributed by atoms with Crippen molar-refractivity contribution in [3.63, 3.8) is 0 Å². The molecule has 208 valence electrons. The number of hydrogen-bond donors (Lipinski definition) is 1. The van der Waals surface area contributed by atoms with Crippen LogP contribution in [0.1, 0.15) is 82.6 Å². The van der Waals surface area contributed by atoms with Crippen LogP contribution in [-0.2, 0) is 18.3 Å². The highest BCUT2D eigenvalue weighted by atomic mass is 28.4. The molecule has 2 fully saturated rings. The predicted octanol–water partition coefficient (Wildman–Crippen LogP) is 7.21. The van der Waals surface area contributed by atoms with E-state index in [1.807, 2.05) is 0 Å². The van der Waals surface area contributed by atoms with Crippen LogP contribution in [0.25, 0.3) is 0 Å². The molecule has 5 nitrogen and oxygen atoms in total. The molecule has 0 amide bonds. The topological polar surface area (TPSA) is 57.2 Å². The Balaban J connectivity index is 2.52. The van der Waals surface area contributed by atoms with Crippen LogP contribution in [0.15, 0.2) is 0 Å². The fourth-order valence-corrected chi connectivity index (χ4v) is 8.06.